The van der Waals surface area contributed by atoms with Crippen LogP contribution in [0.3, 0.4) is 0 Å². The van der Waals surface area contributed by atoms with Gasteiger partial charge in [0.05, 0.1) is 29.6 Å². The molecule has 2 aromatic carbocycles. The van der Waals surface area contributed by atoms with Crippen molar-refractivity contribution in [2.24, 2.45) is 17.3 Å². The fraction of sp³-hybridized carbons (Fsp3) is 0.429. The van der Waals surface area contributed by atoms with E-state index in [4.69, 9.17) is 13.7 Å². The van der Waals surface area contributed by atoms with Gasteiger partial charge < -0.3 is 24.4 Å². The lowest BCUT2D eigenvalue weighted by atomic mass is 9.43. The average Bonchev–Trinajstić information content (AvgIpc) is 3.45. The molecule has 3 aliphatic carbocycles. The van der Waals surface area contributed by atoms with Gasteiger partial charge in [0.2, 0.25) is 0 Å². The second-order valence-electron chi connectivity index (χ2n) is 11.3. The number of carbonyl (C=O) groups excluding carboxylic acids is 2. The summed E-state index contributed by atoms with van der Waals surface area (Å²) in [5.74, 6) is -2.21. The van der Waals surface area contributed by atoms with E-state index < -0.39 is 36.3 Å². The number of hydrogen-bond acceptors (Lipinski definition) is 5. The molecule has 0 radical (unpaired) electrons. The Morgan fingerprint density at radius 1 is 1.08 bits per heavy atom. The number of fused-ring (bicyclic) bond motifs is 1. The molecule has 1 aliphatic heterocycles. The Morgan fingerprint density at radius 3 is 2.62 bits per heavy atom. The van der Waals surface area contributed by atoms with Gasteiger partial charge in [-0.15, -0.1) is 0 Å². The van der Waals surface area contributed by atoms with Gasteiger partial charge in [-0.25, -0.2) is 4.39 Å². The largest absolute Gasteiger partial charge is 0.482 e. The molecule has 0 spiro atoms. The first-order valence-electron chi connectivity index (χ1n) is 12.8. The Bertz CT molecular complexity index is 1380. The predicted octanol–water partition coefficient (Wildman–Crippen LogP) is 4.51. The summed E-state index contributed by atoms with van der Waals surface area (Å²) in [4.78, 5) is 25.7. The van der Waals surface area contributed by atoms with E-state index in [2.05, 4.69) is 31.4 Å². The summed E-state index contributed by atoms with van der Waals surface area (Å²) in [6, 6.07) is 13.4. The van der Waals surface area contributed by atoms with E-state index in [0.29, 0.717) is 18.3 Å². The maximum atomic E-state index is 14.0. The molecule has 2 N–H and O–H groups in total. The van der Waals surface area contributed by atoms with Crippen molar-refractivity contribution in [3.05, 3.63) is 66.2 Å². The number of para-hydroxylation sites is 2. The van der Waals surface area contributed by atoms with Crippen LogP contribution in [0.25, 0.3) is 11.0 Å². The van der Waals surface area contributed by atoms with Crippen molar-refractivity contribution in [2.45, 2.75) is 57.7 Å². The molecule has 192 valence electrons. The maximum absolute atomic E-state index is 14.0. The summed E-state index contributed by atoms with van der Waals surface area (Å²) in [6.45, 7) is 6.68. The number of furan rings is 1. The molecular weight excluding hydrogens is 474 g/mol. The third-order valence-electron chi connectivity index (χ3n) is 8.94. The van der Waals surface area contributed by atoms with E-state index in [1.165, 1.54) is 18.2 Å². The van der Waals surface area contributed by atoms with Gasteiger partial charge in [-0.05, 0) is 67.2 Å². The average molecular weight is 504 g/mol. The van der Waals surface area contributed by atoms with Crippen LogP contribution in [0.5, 0.6) is 0 Å². The standard InChI is InChI=1S/C28H30BFN2O5/c1-27(2)17-13-22(27)28(3)23(14-17)36-29(37-28)24(12-16-15-35-21-11-7-4-8-18(16)21)32-26(34)25(33)31-20-10-6-5-9-19(20)30/h4-11,15,17,22-24H,12-14H2,1-3H3,(H,31,33)(H,32,34)/t17?,22?,23-,24?,28+/m1/s1. The Morgan fingerprint density at radius 2 is 1.84 bits per heavy atom. The van der Waals surface area contributed by atoms with Crippen LogP contribution < -0.4 is 10.6 Å². The second-order valence-corrected chi connectivity index (χ2v) is 11.3. The Labute approximate surface area is 215 Å². The van der Waals surface area contributed by atoms with Crippen molar-refractivity contribution in [3.8, 4) is 0 Å². The van der Waals surface area contributed by atoms with Gasteiger partial charge >= 0.3 is 18.9 Å². The molecule has 9 heteroatoms. The minimum atomic E-state index is -0.961. The molecular formula is C28H30BFN2O5. The first kappa shape index (κ1) is 24.2. The molecule has 1 aromatic heterocycles. The van der Waals surface area contributed by atoms with Crippen molar-refractivity contribution >= 4 is 35.6 Å². The zero-order chi connectivity index (χ0) is 25.9. The number of amides is 2. The molecule has 3 aromatic rings. The van der Waals surface area contributed by atoms with Crippen molar-refractivity contribution < 1.29 is 27.7 Å². The molecule has 37 heavy (non-hydrogen) atoms. The molecule has 2 heterocycles. The summed E-state index contributed by atoms with van der Waals surface area (Å²) in [5.41, 5.74) is 1.24. The van der Waals surface area contributed by atoms with E-state index in [-0.39, 0.29) is 17.2 Å². The zero-order valence-corrected chi connectivity index (χ0v) is 21.1. The van der Waals surface area contributed by atoms with Crippen molar-refractivity contribution in [2.75, 3.05) is 5.32 Å². The number of anilines is 1. The third kappa shape index (κ3) is 3.96. The van der Waals surface area contributed by atoms with Crippen LogP contribution in [0.1, 0.15) is 39.2 Å². The Hall–Kier alpha value is -3.17. The monoisotopic (exact) mass is 504 g/mol. The first-order chi connectivity index (χ1) is 17.7. The molecule has 4 aliphatic rings. The van der Waals surface area contributed by atoms with Gasteiger partial charge in [0.25, 0.3) is 0 Å². The lowest BCUT2D eigenvalue weighted by Crippen LogP contribution is -2.65. The van der Waals surface area contributed by atoms with Crippen molar-refractivity contribution in [1.82, 2.24) is 5.32 Å². The molecule has 7 rings (SSSR count). The number of carbonyl (C=O) groups is 2. The Kier molecular flexibility index (Phi) is 5.69. The maximum Gasteiger partial charge on any atom is 0.482 e. The number of nitrogens with one attached hydrogen (secondary N) is 2. The molecule has 7 nitrogen and oxygen atoms in total. The Balaban J connectivity index is 1.25. The highest BCUT2D eigenvalue weighted by Crippen LogP contribution is 2.65. The van der Waals surface area contributed by atoms with Crippen LogP contribution >= 0.6 is 0 Å². The highest BCUT2D eigenvalue weighted by Gasteiger charge is 2.68. The molecule has 1 saturated heterocycles. The van der Waals surface area contributed by atoms with Gasteiger partial charge in [-0.1, -0.05) is 44.2 Å². The normalized spacial score (nSPS) is 28.3. The number of hydrogen-bond donors (Lipinski definition) is 2. The number of rotatable bonds is 5. The third-order valence-corrected chi connectivity index (χ3v) is 8.94. The van der Waals surface area contributed by atoms with Crippen LogP contribution in [-0.2, 0) is 25.3 Å². The topological polar surface area (TPSA) is 89.8 Å². The second kappa shape index (κ2) is 8.70. The van der Waals surface area contributed by atoms with E-state index in [1.54, 1.807) is 12.3 Å². The minimum absolute atomic E-state index is 0.0612. The van der Waals surface area contributed by atoms with Gasteiger partial charge in [0.1, 0.15) is 11.4 Å². The van der Waals surface area contributed by atoms with E-state index in [0.717, 1.165) is 29.4 Å². The quantitative estimate of drug-likeness (QED) is 0.395. The molecule has 3 saturated carbocycles. The molecule has 3 unspecified atom stereocenters. The highest BCUT2D eigenvalue weighted by molar-refractivity contribution is 6.49. The fourth-order valence-corrected chi connectivity index (χ4v) is 6.69. The summed E-state index contributed by atoms with van der Waals surface area (Å²) < 4.78 is 32.8. The van der Waals surface area contributed by atoms with E-state index in [9.17, 15) is 14.0 Å². The minimum Gasteiger partial charge on any atom is -0.464 e. The van der Waals surface area contributed by atoms with Crippen molar-refractivity contribution in [3.63, 3.8) is 0 Å². The molecule has 2 bridgehead atoms. The van der Waals surface area contributed by atoms with Gasteiger partial charge in [-0.2, -0.15) is 0 Å². The molecule has 5 atom stereocenters. The fourth-order valence-electron chi connectivity index (χ4n) is 6.69. The molecule has 4 fully saturated rings. The van der Waals surface area contributed by atoms with Crippen LogP contribution in [0, 0.1) is 23.1 Å². The van der Waals surface area contributed by atoms with Crippen LogP contribution in [0.2, 0.25) is 0 Å². The van der Waals surface area contributed by atoms with Gasteiger partial charge in [0, 0.05) is 5.39 Å². The zero-order valence-electron chi connectivity index (χ0n) is 21.1. The van der Waals surface area contributed by atoms with Crippen LogP contribution in [0.4, 0.5) is 10.1 Å². The summed E-state index contributed by atoms with van der Waals surface area (Å²) >= 11 is 0. The summed E-state index contributed by atoms with van der Waals surface area (Å²) in [7, 11) is -0.746. The molecule has 2 amide bonds. The first-order valence-corrected chi connectivity index (χ1v) is 12.8. The highest BCUT2D eigenvalue weighted by atomic mass is 19.1. The van der Waals surface area contributed by atoms with Crippen LogP contribution in [-0.4, -0.2) is 36.6 Å². The SMILES string of the molecule is CC1(C)C2CC1[C@]1(C)OB(C(Cc3coc4ccccc34)NC(=O)C(=O)Nc3ccccc3F)O[C@@H]1C2. The van der Waals surface area contributed by atoms with Gasteiger partial charge in [0.15, 0.2) is 0 Å². The summed E-state index contributed by atoms with van der Waals surface area (Å²) in [6.07, 6.45) is 3.92. The van der Waals surface area contributed by atoms with Gasteiger partial charge in [-0.3, -0.25) is 9.59 Å². The lowest BCUT2D eigenvalue weighted by molar-refractivity contribution is -0.199. The van der Waals surface area contributed by atoms with E-state index >= 15 is 0 Å². The predicted molar refractivity (Wildman–Crippen MR) is 137 cm³/mol. The van der Waals surface area contributed by atoms with E-state index in [1.807, 2.05) is 24.3 Å². The van der Waals surface area contributed by atoms with Crippen LogP contribution in [0.15, 0.2) is 59.2 Å². The van der Waals surface area contributed by atoms with Crippen molar-refractivity contribution in [1.29, 1.82) is 0 Å². The summed E-state index contributed by atoms with van der Waals surface area (Å²) in [5, 5.41) is 6.08. The smallest absolute Gasteiger partial charge is 0.464 e. The lowest BCUT2D eigenvalue weighted by Gasteiger charge is -2.64. The number of halogens is 1. The number of benzene rings is 2.